The zero-order chi connectivity index (χ0) is 15.8. The monoisotopic (exact) mass is 287 g/mol. The first-order valence-electron chi connectivity index (χ1n) is 7.06. The van der Waals surface area contributed by atoms with Gasteiger partial charge in [-0.05, 0) is 35.4 Å². The topological polar surface area (TPSA) is 48.3 Å². The van der Waals surface area contributed by atoms with E-state index in [9.17, 15) is 9.59 Å². The minimum atomic E-state index is -0.400. The minimum absolute atomic E-state index is 0.0881. The number of hydrogen-bond acceptors (Lipinski definition) is 3. The van der Waals surface area contributed by atoms with E-state index in [-0.39, 0.29) is 11.0 Å². The summed E-state index contributed by atoms with van der Waals surface area (Å²) in [6.07, 6.45) is 1.87. The SMILES string of the molecule is CCOC(=O)c1ccc2c(C(C)(C)C)cn(C)c(=O)c2c1. The molecular weight excluding hydrogens is 266 g/mol. The fourth-order valence-corrected chi connectivity index (χ4v) is 2.41. The Morgan fingerprint density at radius 2 is 1.90 bits per heavy atom. The molecule has 0 radical (unpaired) electrons. The Balaban J connectivity index is 2.76. The van der Waals surface area contributed by atoms with Gasteiger partial charge in [0.2, 0.25) is 0 Å². The highest BCUT2D eigenvalue weighted by molar-refractivity contribution is 5.96. The maximum Gasteiger partial charge on any atom is 0.338 e. The second-order valence-electron chi connectivity index (χ2n) is 6.19. The zero-order valence-electron chi connectivity index (χ0n) is 13.2. The highest BCUT2D eigenvalue weighted by atomic mass is 16.5. The van der Waals surface area contributed by atoms with Gasteiger partial charge in [0.25, 0.3) is 5.56 Å². The van der Waals surface area contributed by atoms with Gasteiger partial charge in [-0.2, -0.15) is 0 Å². The molecule has 0 bridgehead atoms. The van der Waals surface area contributed by atoms with E-state index in [1.807, 2.05) is 12.3 Å². The van der Waals surface area contributed by atoms with Crippen LogP contribution < -0.4 is 5.56 Å². The van der Waals surface area contributed by atoms with Crippen LogP contribution in [0.3, 0.4) is 0 Å². The van der Waals surface area contributed by atoms with Gasteiger partial charge in [0.1, 0.15) is 0 Å². The normalized spacial score (nSPS) is 11.7. The number of aryl methyl sites for hydroxylation is 1. The highest BCUT2D eigenvalue weighted by Gasteiger charge is 2.20. The molecule has 2 rings (SSSR count). The van der Waals surface area contributed by atoms with E-state index in [0.29, 0.717) is 17.6 Å². The number of ether oxygens (including phenoxy) is 1. The molecule has 21 heavy (non-hydrogen) atoms. The molecule has 0 N–H and O–H groups in total. The number of fused-ring (bicyclic) bond motifs is 1. The molecule has 0 saturated heterocycles. The molecule has 2 aromatic rings. The number of rotatable bonds is 2. The third-order valence-corrected chi connectivity index (χ3v) is 3.50. The van der Waals surface area contributed by atoms with Crippen LogP contribution in [0, 0.1) is 0 Å². The second-order valence-corrected chi connectivity index (χ2v) is 6.19. The largest absolute Gasteiger partial charge is 0.462 e. The van der Waals surface area contributed by atoms with Crippen LogP contribution in [-0.2, 0) is 17.2 Å². The molecule has 0 saturated carbocycles. The van der Waals surface area contributed by atoms with Crippen LogP contribution in [0.5, 0.6) is 0 Å². The average molecular weight is 287 g/mol. The third-order valence-electron chi connectivity index (χ3n) is 3.50. The molecule has 112 valence electrons. The molecule has 0 fully saturated rings. The number of pyridine rings is 1. The second kappa shape index (κ2) is 5.35. The quantitative estimate of drug-likeness (QED) is 0.798. The van der Waals surface area contributed by atoms with E-state index in [1.165, 1.54) is 0 Å². The summed E-state index contributed by atoms with van der Waals surface area (Å²) in [5.74, 6) is -0.400. The Hall–Kier alpha value is -2.10. The molecule has 0 atom stereocenters. The van der Waals surface area contributed by atoms with Crippen molar-refractivity contribution in [3.05, 3.63) is 45.9 Å². The van der Waals surface area contributed by atoms with Crippen LogP contribution in [0.2, 0.25) is 0 Å². The number of esters is 1. The van der Waals surface area contributed by atoms with Gasteiger partial charge in [-0.3, -0.25) is 4.79 Å². The molecule has 0 aliphatic carbocycles. The van der Waals surface area contributed by atoms with Crippen LogP contribution in [0.4, 0.5) is 0 Å². The summed E-state index contributed by atoms with van der Waals surface area (Å²) < 4.78 is 6.56. The van der Waals surface area contributed by atoms with Crippen LogP contribution in [0.15, 0.2) is 29.2 Å². The van der Waals surface area contributed by atoms with Gasteiger partial charge in [0, 0.05) is 18.6 Å². The van der Waals surface area contributed by atoms with Crippen molar-refractivity contribution < 1.29 is 9.53 Å². The third kappa shape index (κ3) is 2.84. The first kappa shape index (κ1) is 15.3. The van der Waals surface area contributed by atoms with Crippen molar-refractivity contribution in [1.82, 2.24) is 4.57 Å². The van der Waals surface area contributed by atoms with Crippen molar-refractivity contribution in [2.45, 2.75) is 33.1 Å². The lowest BCUT2D eigenvalue weighted by Crippen LogP contribution is -2.22. The summed E-state index contributed by atoms with van der Waals surface area (Å²) in [5, 5.41) is 1.44. The van der Waals surface area contributed by atoms with Crippen LogP contribution in [0.25, 0.3) is 10.8 Å². The van der Waals surface area contributed by atoms with E-state index in [0.717, 1.165) is 10.9 Å². The fourth-order valence-electron chi connectivity index (χ4n) is 2.41. The molecule has 1 aromatic heterocycles. The molecule has 0 unspecified atom stereocenters. The van der Waals surface area contributed by atoms with Crippen molar-refractivity contribution in [1.29, 1.82) is 0 Å². The lowest BCUT2D eigenvalue weighted by Gasteiger charge is -2.22. The van der Waals surface area contributed by atoms with Crippen molar-refractivity contribution in [2.75, 3.05) is 6.61 Å². The number of benzene rings is 1. The number of carbonyl (C=O) groups is 1. The Bertz CT molecular complexity index is 751. The summed E-state index contributed by atoms with van der Waals surface area (Å²) in [6, 6.07) is 5.18. The van der Waals surface area contributed by atoms with Gasteiger partial charge in [0.15, 0.2) is 0 Å². The van der Waals surface area contributed by atoms with Crippen molar-refractivity contribution >= 4 is 16.7 Å². The lowest BCUT2D eigenvalue weighted by molar-refractivity contribution is 0.0526. The molecular formula is C17H21NO3. The first-order chi connectivity index (χ1) is 9.75. The van der Waals surface area contributed by atoms with E-state index in [1.54, 1.807) is 30.7 Å². The van der Waals surface area contributed by atoms with Gasteiger partial charge in [-0.25, -0.2) is 4.79 Å². The first-order valence-corrected chi connectivity index (χ1v) is 7.06. The summed E-state index contributed by atoms with van der Waals surface area (Å²) in [6.45, 7) is 8.38. The Morgan fingerprint density at radius 1 is 1.24 bits per heavy atom. The summed E-state index contributed by atoms with van der Waals surface area (Å²) >= 11 is 0. The van der Waals surface area contributed by atoms with Crippen LogP contribution in [-0.4, -0.2) is 17.1 Å². The predicted molar refractivity (Wildman–Crippen MR) is 83.8 cm³/mol. The van der Waals surface area contributed by atoms with Crippen molar-refractivity contribution in [3.8, 4) is 0 Å². The minimum Gasteiger partial charge on any atom is -0.462 e. The Labute approximate surface area is 124 Å². The fraction of sp³-hybridized carbons (Fsp3) is 0.412. The van der Waals surface area contributed by atoms with E-state index in [4.69, 9.17) is 4.74 Å². The predicted octanol–water partition coefficient (Wildman–Crippen LogP) is 3.01. The van der Waals surface area contributed by atoms with E-state index < -0.39 is 5.97 Å². The molecule has 0 amide bonds. The smallest absolute Gasteiger partial charge is 0.338 e. The lowest BCUT2D eigenvalue weighted by atomic mass is 9.85. The summed E-state index contributed by atoms with van der Waals surface area (Å²) in [4.78, 5) is 24.2. The number of nitrogens with zero attached hydrogens (tertiary/aromatic N) is 1. The van der Waals surface area contributed by atoms with Gasteiger partial charge in [0.05, 0.1) is 12.2 Å². The molecule has 4 nitrogen and oxygen atoms in total. The number of carbonyl (C=O) groups excluding carboxylic acids is 1. The van der Waals surface area contributed by atoms with Crippen molar-refractivity contribution in [2.24, 2.45) is 7.05 Å². The average Bonchev–Trinajstić information content (AvgIpc) is 2.41. The molecule has 1 heterocycles. The van der Waals surface area contributed by atoms with E-state index in [2.05, 4.69) is 20.8 Å². The Morgan fingerprint density at radius 3 is 2.48 bits per heavy atom. The van der Waals surface area contributed by atoms with Crippen molar-refractivity contribution in [3.63, 3.8) is 0 Å². The Kier molecular flexibility index (Phi) is 3.90. The van der Waals surface area contributed by atoms with Gasteiger partial charge < -0.3 is 9.30 Å². The molecule has 4 heteroatoms. The summed E-state index contributed by atoms with van der Waals surface area (Å²) in [5.41, 5.74) is 1.29. The van der Waals surface area contributed by atoms with E-state index >= 15 is 0 Å². The van der Waals surface area contributed by atoms with Gasteiger partial charge in [-0.15, -0.1) is 0 Å². The number of hydrogen-bond donors (Lipinski definition) is 0. The van der Waals surface area contributed by atoms with Gasteiger partial charge >= 0.3 is 5.97 Å². The zero-order valence-corrected chi connectivity index (χ0v) is 13.2. The maximum atomic E-state index is 12.4. The maximum absolute atomic E-state index is 12.4. The molecule has 0 aliphatic heterocycles. The van der Waals surface area contributed by atoms with Gasteiger partial charge in [-0.1, -0.05) is 26.8 Å². The molecule has 0 aliphatic rings. The van der Waals surface area contributed by atoms with Crippen LogP contribution >= 0.6 is 0 Å². The van der Waals surface area contributed by atoms with Crippen LogP contribution in [0.1, 0.15) is 43.6 Å². The standard InChI is InChI=1S/C17H21NO3/c1-6-21-16(20)11-7-8-12-13(9-11)15(19)18(5)10-14(12)17(2,3)4/h7-10H,6H2,1-5H3. The number of aromatic nitrogens is 1. The highest BCUT2D eigenvalue weighted by Crippen LogP contribution is 2.28. The molecule has 1 aromatic carbocycles. The summed E-state index contributed by atoms with van der Waals surface area (Å²) in [7, 11) is 1.73. The molecule has 0 spiro atoms.